The second kappa shape index (κ2) is 8.01. The maximum Gasteiger partial charge on any atom is 0.171 e. The van der Waals surface area contributed by atoms with Crippen molar-refractivity contribution in [3.05, 3.63) is 65.7 Å². The molecule has 0 bridgehead atoms. The summed E-state index contributed by atoms with van der Waals surface area (Å²) in [7, 11) is -4.25. The average Bonchev–Trinajstić information content (AvgIpc) is 2.56. The molecule has 23 heavy (non-hydrogen) atoms. The number of nitrogens with zero attached hydrogens (tertiary/aromatic N) is 1. The zero-order valence-corrected chi connectivity index (χ0v) is 13.4. The zero-order chi connectivity index (χ0) is 16.7. The summed E-state index contributed by atoms with van der Waals surface area (Å²) >= 11 is 0. The van der Waals surface area contributed by atoms with Gasteiger partial charge < -0.3 is 9.66 Å². The highest BCUT2D eigenvalue weighted by Crippen LogP contribution is 2.10. The first kappa shape index (κ1) is 17.3. The molecule has 6 heteroatoms. The molecule has 1 heterocycles. The molecular formula is C17H19NO4S. The van der Waals surface area contributed by atoms with Gasteiger partial charge in [-0.2, -0.15) is 0 Å². The van der Waals surface area contributed by atoms with Gasteiger partial charge >= 0.3 is 0 Å². The van der Waals surface area contributed by atoms with Crippen molar-refractivity contribution in [2.24, 2.45) is 0 Å². The first-order valence-electron chi connectivity index (χ1n) is 7.29. The largest absolute Gasteiger partial charge is 0.744 e. The highest BCUT2D eigenvalue weighted by molar-refractivity contribution is 7.85. The standard InChI is InChI=1S/C11H14NO.C6H6O3S/c13-8-7-12-6-5-10-3-1-2-4-11(10)9-12;7-10(8,9)6-4-2-1-3-5-6/h1-4,9,13H,5-8H2;1-5H,(H,7,8,9)/q+1;/p-1. The van der Waals surface area contributed by atoms with E-state index in [1.165, 1.54) is 35.4 Å². The fraction of sp³-hybridized carbons (Fsp3) is 0.235. The van der Waals surface area contributed by atoms with Gasteiger partial charge in [-0.15, -0.1) is 0 Å². The molecule has 0 spiro atoms. The normalized spacial score (nSPS) is 13.4. The number of hydrogen-bond donors (Lipinski definition) is 1. The third kappa shape index (κ3) is 5.28. The Balaban J connectivity index is 0.000000174. The van der Waals surface area contributed by atoms with E-state index in [0.717, 1.165) is 19.5 Å². The Bertz CT molecular complexity index is 770. The van der Waals surface area contributed by atoms with Crippen LogP contribution in [0.1, 0.15) is 11.1 Å². The van der Waals surface area contributed by atoms with Crippen LogP contribution in [-0.4, -0.2) is 48.6 Å². The van der Waals surface area contributed by atoms with Crippen molar-refractivity contribution in [3.63, 3.8) is 0 Å². The van der Waals surface area contributed by atoms with Crippen LogP contribution in [0.4, 0.5) is 0 Å². The molecule has 0 amide bonds. The maximum absolute atomic E-state index is 10.3. The summed E-state index contributed by atoms with van der Waals surface area (Å²) < 4.78 is 33.0. The predicted molar refractivity (Wildman–Crippen MR) is 86.8 cm³/mol. The third-order valence-corrected chi connectivity index (χ3v) is 4.31. The van der Waals surface area contributed by atoms with Crippen molar-refractivity contribution >= 4 is 16.3 Å². The third-order valence-electron chi connectivity index (χ3n) is 3.46. The minimum absolute atomic E-state index is 0.185. The lowest BCUT2D eigenvalue weighted by Crippen LogP contribution is -2.25. The highest BCUT2D eigenvalue weighted by Gasteiger charge is 2.13. The second-order valence-electron chi connectivity index (χ2n) is 5.10. The summed E-state index contributed by atoms with van der Waals surface area (Å²) in [5.74, 6) is 0. The van der Waals surface area contributed by atoms with E-state index in [9.17, 15) is 13.0 Å². The van der Waals surface area contributed by atoms with Crippen LogP contribution in [0.15, 0.2) is 59.5 Å². The van der Waals surface area contributed by atoms with Gasteiger partial charge in [-0.3, -0.25) is 0 Å². The number of aliphatic hydroxyl groups excluding tert-OH is 1. The smallest absolute Gasteiger partial charge is 0.171 e. The second-order valence-corrected chi connectivity index (χ2v) is 6.48. The summed E-state index contributed by atoms with van der Waals surface area (Å²) in [5, 5.41) is 8.80. The molecule has 0 radical (unpaired) electrons. The number of aliphatic hydroxyl groups is 1. The lowest BCUT2D eigenvalue weighted by Gasteiger charge is -2.10. The quantitative estimate of drug-likeness (QED) is 0.677. The first-order valence-corrected chi connectivity index (χ1v) is 8.70. The number of fused-ring (bicyclic) bond motifs is 1. The van der Waals surface area contributed by atoms with Gasteiger partial charge in [0.05, 0.1) is 4.90 Å². The highest BCUT2D eigenvalue weighted by atomic mass is 32.2. The Labute approximate surface area is 136 Å². The maximum atomic E-state index is 10.3. The molecule has 0 aliphatic carbocycles. The molecule has 1 aliphatic heterocycles. The van der Waals surface area contributed by atoms with E-state index in [-0.39, 0.29) is 11.5 Å². The average molecular weight is 333 g/mol. The SMILES string of the molecule is O=S(=O)([O-])c1ccccc1.OCC[N+]1=Cc2ccccc2CC1. The van der Waals surface area contributed by atoms with Crippen molar-refractivity contribution in [3.8, 4) is 0 Å². The van der Waals surface area contributed by atoms with Crippen molar-refractivity contribution in [1.29, 1.82) is 0 Å². The number of benzene rings is 2. The molecule has 0 aromatic heterocycles. The van der Waals surface area contributed by atoms with E-state index >= 15 is 0 Å². The lowest BCUT2D eigenvalue weighted by molar-refractivity contribution is -0.526. The molecular weight excluding hydrogens is 314 g/mol. The van der Waals surface area contributed by atoms with Gasteiger partial charge in [-0.05, 0) is 23.8 Å². The first-order chi connectivity index (χ1) is 11.0. The van der Waals surface area contributed by atoms with E-state index in [4.69, 9.17) is 5.11 Å². The zero-order valence-electron chi connectivity index (χ0n) is 12.6. The van der Waals surface area contributed by atoms with Crippen LogP contribution < -0.4 is 0 Å². The van der Waals surface area contributed by atoms with Crippen LogP contribution in [0, 0.1) is 0 Å². The molecule has 0 atom stereocenters. The van der Waals surface area contributed by atoms with Crippen LogP contribution in [0.5, 0.6) is 0 Å². The van der Waals surface area contributed by atoms with E-state index in [0.29, 0.717) is 0 Å². The van der Waals surface area contributed by atoms with Gasteiger partial charge in [0.25, 0.3) is 0 Å². The van der Waals surface area contributed by atoms with Crippen LogP contribution in [0.3, 0.4) is 0 Å². The van der Waals surface area contributed by atoms with Gasteiger partial charge in [0.1, 0.15) is 23.3 Å². The molecule has 122 valence electrons. The Hall–Kier alpha value is -2.02. The molecule has 0 unspecified atom stereocenters. The van der Waals surface area contributed by atoms with Gasteiger partial charge in [-0.25, -0.2) is 13.0 Å². The summed E-state index contributed by atoms with van der Waals surface area (Å²) in [6.07, 6.45) is 3.22. The van der Waals surface area contributed by atoms with Crippen LogP contribution in [0.2, 0.25) is 0 Å². The van der Waals surface area contributed by atoms with Crippen molar-refractivity contribution in [2.45, 2.75) is 11.3 Å². The van der Waals surface area contributed by atoms with E-state index in [1.807, 2.05) is 0 Å². The monoisotopic (exact) mass is 333 g/mol. The minimum atomic E-state index is -4.25. The van der Waals surface area contributed by atoms with E-state index in [2.05, 4.69) is 35.1 Å². The summed E-state index contributed by atoms with van der Waals surface area (Å²) in [6.45, 7) is 2.00. The Morgan fingerprint density at radius 1 is 1.04 bits per heavy atom. The van der Waals surface area contributed by atoms with Crippen molar-refractivity contribution < 1.29 is 22.7 Å². The van der Waals surface area contributed by atoms with Crippen molar-refractivity contribution in [1.82, 2.24) is 0 Å². The van der Waals surface area contributed by atoms with E-state index < -0.39 is 10.1 Å². The molecule has 0 fully saturated rings. The molecule has 2 aromatic rings. The molecule has 0 saturated carbocycles. The lowest BCUT2D eigenvalue weighted by atomic mass is 10.0. The van der Waals surface area contributed by atoms with Crippen molar-refractivity contribution in [2.75, 3.05) is 19.7 Å². The molecule has 1 aliphatic rings. The fourth-order valence-electron chi connectivity index (χ4n) is 2.31. The fourth-order valence-corrected chi connectivity index (χ4v) is 2.80. The van der Waals surface area contributed by atoms with Gasteiger partial charge in [0.15, 0.2) is 12.8 Å². The van der Waals surface area contributed by atoms with Gasteiger partial charge in [-0.1, -0.05) is 36.4 Å². The number of hydrogen-bond acceptors (Lipinski definition) is 4. The predicted octanol–water partition coefficient (Wildman–Crippen LogP) is 1.26. The minimum Gasteiger partial charge on any atom is -0.744 e. The topological polar surface area (TPSA) is 80.4 Å². The van der Waals surface area contributed by atoms with E-state index in [1.54, 1.807) is 6.07 Å². The summed E-state index contributed by atoms with van der Waals surface area (Å²) in [6, 6.07) is 15.6. The Kier molecular flexibility index (Phi) is 6.04. The van der Waals surface area contributed by atoms with Crippen LogP contribution >= 0.6 is 0 Å². The summed E-state index contributed by atoms with van der Waals surface area (Å²) in [4.78, 5) is -0.185. The van der Waals surface area contributed by atoms with Crippen LogP contribution in [-0.2, 0) is 16.5 Å². The Morgan fingerprint density at radius 2 is 1.70 bits per heavy atom. The molecule has 5 nitrogen and oxygen atoms in total. The van der Waals surface area contributed by atoms with Gasteiger partial charge in [0.2, 0.25) is 0 Å². The Morgan fingerprint density at radius 3 is 2.30 bits per heavy atom. The number of β-amino-alcohol motifs (C(OH)–C–C–N with tert-alkyl or cyclic N) is 1. The number of rotatable bonds is 3. The van der Waals surface area contributed by atoms with Crippen LogP contribution in [0.25, 0.3) is 0 Å². The molecule has 3 rings (SSSR count). The summed E-state index contributed by atoms with van der Waals surface area (Å²) in [5.41, 5.74) is 2.71. The van der Waals surface area contributed by atoms with Gasteiger partial charge in [0, 0.05) is 12.0 Å². The molecule has 2 aromatic carbocycles. The molecule has 0 saturated heterocycles. The molecule has 1 N–H and O–H groups in total.